The van der Waals surface area contributed by atoms with E-state index in [0.717, 1.165) is 0 Å². The van der Waals surface area contributed by atoms with Gasteiger partial charge in [0.25, 0.3) is 0 Å². The molecule has 0 saturated carbocycles. The number of rotatable bonds is 4. The number of likely N-dealkylation sites (tertiary alicyclic amines) is 1. The van der Waals surface area contributed by atoms with Crippen LogP contribution in [0.4, 0.5) is 13.2 Å². The molecule has 0 aliphatic carbocycles. The molecule has 1 aromatic heterocycles. The minimum absolute atomic E-state index is 0.0215. The van der Waals surface area contributed by atoms with E-state index < -0.39 is 18.6 Å². The molecular formula is C13H17F3N2O2. The van der Waals surface area contributed by atoms with E-state index in [4.69, 9.17) is 5.11 Å². The van der Waals surface area contributed by atoms with E-state index in [1.807, 2.05) is 0 Å². The van der Waals surface area contributed by atoms with Crippen molar-refractivity contribution in [2.75, 3.05) is 19.6 Å². The smallest absolute Gasteiger partial charge is 0.390 e. The third kappa shape index (κ3) is 3.75. The molecule has 1 aliphatic rings. The van der Waals surface area contributed by atoms with Gasteiger partial charge >= 0.3 is 12.1 Å². The summed E-state index contributed by atoms with van der Waals surface area (Å²) < 4.78 is 38.2. The quantitative estimate of drug-likeness (QED) is 0.927. The van der Waals surface area contributed by atoms with Crippen molar-refractivity contribution in [2.24, 2.45) is 0 Å². The minimum Gasteiger partial charge on any atom is -0.477 e. The van der Waals surface area contributed by atoms with E-state index in [1.165, 1.54) is 0 Å². The lowest BCUT2D eigenvalue weighted by Crippen LogP contribution is -2.37. The number of halogens is 3. The predicted molar refractivity (Wildman–Crippen MR) is 66.8 cm³/mol. The molecule has 0 radical (unpaired) electrons. The van der Waals surface area contributed by atoms with Gasteiger partial charge in [0, 0.05) is 31.9 Å². The van der Waals surface area contributed by atoms with Crippen LogP contribution in [0.2, 0.25) is 0 Å². The summed E-state index contributed by atoms with van der Waals surface area (Å²) >= 11 is 0. The minimum atomic E-state index is -4.12. The van der Waals surface area contributed by atoms with Crippen molar-refractivity contribution >= 4 is 5.97 Å². The molecule has 2 heterocycles. The standard InChI is InChI=1S/C13H17F3N2O2/c14-13(15,16)5-9-17-7-3-10(4-8-17)18-6-1-2-11(18)12(19)20/h1-2,6,10H,3-5,7-9H2,(H,19,20). The van der Waals surface area contributed by atoms with Gasteiger partial charge in [-0.2, -0.15) is 13.2 Å². The lowest BCUT2D eigenvalue weighted by molar-refractivity contribution is -0.138. The zero-order valence-electron chi connectivity index (χ0n) is 10.9. The largest absolute Gasteiger partial charge is 0.477 e. The van der Waals surface area contributed by atoms with Gasteiger partial charge in [-0.15, -0.1) is 0 Å². The molecule has 1 saturated heterocycles. The highest BCUT2D eigenvalue weighted by atomic mass is 19.4. The van der Waals surface area contributed by atoms with Gasteiger partial charge in [0.05, 0.1) is 6.42 Å². The molecule has 0 amide bonds. The Kier molecular flexibility index (Phi) is 4.37. The summed E-state index contributed by atoms with van der Waals surface area (Å²) in [5, 5.41) is 9.05. The number of alkyl halides is 3. The van der Waals surface area contributed by atoms with Gasteiger partial charge in [0.1, 0.15) is 5.69 Å². The third-order valence-corrected chi connectivity index (χ3v) is 3.66. The maximum absolute atomic E-state index is 12.2. The summed E-state index contributed by atoms with van der Waals surface area (Å²) in [5.74, 6) is -0.977. The van der Waals surface area contributed by atoms with Gasteiger partial charge in [0.15, 0.2) is 0 Å². The Labute approximate surface area is 114 Å². The third-order valence-electron chi connectivity index (χ3n) is 3.66. The number of carboxylic acid groups (broad SMARTS) is 1. The average molecular weight is 290 g/mol. The van der Waals surface area contributed by atoms with E-state index in [0.29, 0.717) is 25.9 Å². The van der Waals surface area contributed by atoms with Crippen LogP contribution in [-0.4, -0.2) is 46.4 Å². The Morgan fingerprint density at radius 1 is 1.35 bits per heavy atom. The van der Waals surface area contributed by atoms with Gasteiger partial charge < -0.3 is 14.6 Å². The number of piperidine rings is 1. The molecule has 1 N–H and O–H groups in total. The first kappa shape index (κ1) is 14.9. The van der Waals surface area contributed by atoms with Crippen molar-refractivity contribution < 1.29 is 23.1 Å². The van der Waals surface area contributed by atoms with Crippen LogP contribution in [0.25, 0.3) is 0 Å². The highest BCUT2D eigenvalue weighted by molar-refractivity contribution is 5.85. The molecule has 0 aromatic carbocycles. The highest BCUT2D eigenvalue weighted by Gasteiger charge is 2.29. The molecule has 0 unspecified atom stereocenters. The predicted octanol–water partition coefficient (Wildman–Crippen LogP) is 2.78. The van der Waals surface area contributed by atoms with E-state index >= 15 is 0 Å². The number of carboxylic acids is 1. The van der Waals surface area contributed by atoms with Crippen molar-refractivity contribution in [3.63, 3.8) is 0 Å². The second-order valence-corrected chi connectivity index (χ2v) is 5.04. The average Bonchev–Trinajstić information content (AvgIpc) is 2.85. The first-order valence-electron chi connectivity index (χ1n) is 6.56. The van der Waals surface area contributed by atoms with Crippen molar-refractivity contribution in [1.82, 2.24) is 9.47 Å². The molecule has 2 rings (SSSR count). The van der Waals surface area contributed by atoms with Crippen molar-refractivity contribution in [3.05, 3.63) is 24.0 Å². The Morgan fingerprint density at radius 2 is 2.00 bits per heavy atom. The lowest BCUT2D eigenvalue weighted by Gasteiger charge is -2.33. The highest BCUT2D eigenvalue weighted by Crippen LogP contribution is 2.26. The molecule has 0 bridgehead atoms. The summed E-state index contributed by atoms with van der Waals surface area (Å²) in [6, 6.07) is 3.27. The van der Waals surface area contributed by atoms with Crippen molar-refractivity contribution in [3.8, 4) is 0 Å². The van der Waals surface area contributed by atoms with Gasteiger partial charge in [-0.3, -0.25) is 0 Å². The van der Waals surface area contributed by atoms with Crippen LogP contribution in [0, 0.1) is 0 Å². The fourth-order valence-electron chi connectivity index (χ4n) is 2.60. The number of hydrogen-bond acceptors (Lipinski definition) is 2. The molecule has 1 aromatic rings. The summed E-state index contributed by atoms with van der Waals surface area (Å²) in [6.07, 6.45) is -1.84. The van der Waals surface area contributed by atoms with Gasteiger partial charge in [-0.1, -0.05) is 0 Å². The normalized spacial score (nSPS) is 18.4. The molecule has 20 heavy (non-hydrogen) atoms. The summed E-state index contributed by atoms with van der Waals surface area (Å²) in [4.78, 5) is 12.8. The zero-order chi connectivity index (χ0) is 14.8. The van der Waals surface area contributed by atoms with Crippen LogP contribution < -0.4 is 0 Å². The number of nitrogens with zero attached hydrogens (tertiary/aromatic N) is 2. The molecule has 4 nitrogen and oxygen atoms in total. The SMILES string of the molecule is O=C(O)c1cccn1C1CCN(CCC(F)(F)F)CC1. The second-order valence-electron chi connectivity index (χ2n) is 5.04. The summed E-state index contributed by atoms with van der Waals surface area (Å²) in [6.45, 7) is 1.16. The topological polar surface area (TPSA) is 45.5 Å². The van der Waals surface area contributed by atoms with Gasteiger partial charge in [-0.25, -0.2) is 4.79 Å². The number of aromatic nitrogens is 1. The van der Waals surface area contributed by atoms with Gasteiger partial charge in [0.2, 0.25) is 0 Å². The maximum atomic E-state index is 12.2. The van der Waals surface area contributed by atoms with Crippen LogP contribution in [-0.2, 0) is 0 Å². The molecular weight excluding hydrogens is 273 g/mol. The maximum Gasteiger partial charge on any atom is 0.390 e. The molecule has 112 valence electrons. The number of aromatic carboxylic acids is 1. The second kappa shape index (κ2) is 5.87. The monoisotopic (exact) mass is 290 g/mol. The van der Waals surface area contributed by atoms with Crippen LogP contribution >= 0.6 is 0 Å². The van der Waals surface area contributed by atoms with Crippen LogP contribution in [0.15, 0.2) is 18.3 Å². The lowest BCUT2D eigenvalue weighted by atomic mass is 10.0. The Balaban J connectivity index is 1.88. The van der Waals surface area contributed by atoms with Crippen LogP contribution in [0.5, 0.6) is 0 Å². The van der Waals surface area contributed by atoms with E-state index in [-0.39, 0.29) is 18.3 Å². The molecule has 1 aliphatic heterocycles. The van der Waals surface area contributed by atoms with E-state index in [1.54, 1.807) is 27.8 Å². The Hall–Kier alpha value is -1.50. The molecule has 0 spiro atoms. The summed E-state index contributed by atoms with van der Waals surface area (Å²) in [5.41, 5.74) is 0.235. The molecule has 0 atom stereocenters. The zero-order valence-corrected chi connectivity index (χ0v) is 10.9. The number of hydrogen-bond donors (Lipinski definition) is 1. The summed E-state index contributed by atoms with van der Waals surface area (Å²) in [7, 11) is 0. The Morgan fingerprint density at radius 3 is 2.55 bits per heavy atom. The van der Waals surface area contributed by atoms with E-state index in [2.05, 4.69) is 0 Å². The van der Waals surface area contributed by atoms with Gasteiger partial charge in [-0.05, 0) is 25.0 Å². The molecule has 1 fully saturated rings. The van der Waals surface area contributed by atoms with Crippen molar-refractivity contribution in [2.45, 2.75) is 31.5 Å². The first-order chi connectivity index (χ1) is 9.37. The fraction of sp³-hybridized carbons (Fsp3) is 0.615. The van der Waals surface area contributed by atoms with Crippen LogP contribution in [0.1, 0.15) is 35.8 Å². The number of carbonyl (C=O) groups is 1. The first-order valence-corrected chi connectivity index (χ1v) is 6.56. The molecule has 7 heteroatoms. The van der Waals surface area contributed by atoms with E-state index in [9.17, 15) is 18.0 Å². The Bertz CT molecular complexity index is 462. The van der Waals surface area contributed by atoms with Crippen molar-refractivity contribution in [1.29, 1.82) is 0 Å². The van der Waals surface area contributed by atoms with Crippen LogP contribution in [0.3, 0.4) is 0 Å². The fourth-order valence-corrected chi connectivity index (χ4v) is 2.60.